The maximum Gasteiger partial charge on any atom is 0.259 e. The van der Waals surface area contributed by atoms with Crippen molar-refractivity contribution >= 4 is 23.4 Å². The number of amides is 3. The van der Waals surface area contributed by atoms with E-state index in [2.05, 4.69) is 0 Å². The van der Waals surface area contributed by atoms with E-state index in [9.17, 15) is 19.5 Å². The van der Waals surface area contributed by atoms with E-state index in [0.29, 0.717) is 11.3 Å². The molecule has 0 radical (unpaired) electrons. The minimum absolute atomic E-state index is 0.0546. The molecule has 26 heavy (non-hydrogen) atoms. The highest BCUT2D eigenvalue weighted by atomic mass is 16.5. The van der Waals surface area contributed by atoms with Crippen molar-refractivity contribution in [3.05, 3.63) is 29.8 Å². The normalized spacial score (nSPS) is 22.2. The Morgan fingerprint density at radius 3 is 2.62 bits per heavy atom. The average molecular weight is 361 g/mol. The molecule has 2 aliphatic heterocycles. The number of hydrogen-bond acceptors (Lipinski definition) is 5. The van der Waals surface area contributed by atoms with E-state index in [-0.39, 0.29) is 19.1 Å². The van der Waals surface area contributed by atoms with Gasteiger partial charge in [0.05, 0.1) is 6.61 Å². The molecule has 2 atom stereocenters. The van der Waals surface area contributed by atoms with Gasteiger partial charge in [-0.25, -0.2) is 0 Å². The van der Waals surface area contributed by atoms with Gasteiger partial charge in [-0.2, -0.15) is 0 Å². The number of likely N-dealkylation sites (tertiary alicyclic amines) is 1. The third-order valence-electron chi connectivity index (χ3n) is 4.75. The lowest BCUT2D eigenvalue weighted by molar-refractivity contribution is -0.151. The van der Waals surface area contributed by atoms with Gasteiger partial charge in [-0.15, -0.1) is 0 Å². The van der Waals surface area contributed by atoms with Crippen LogP contribution in [-0.2, 0) is 14.3 Å². The Bertz CT molecular complexity index is 702. The average Bonchev–Trinajstić information content (AvgIpc) is 2.67. The number of aliphatic hydroxyl groups excluding tert-OH is 1. The second kappa shape index (κ2) is 7.84. The predicted octanol–water partition coefficient (Wildman–Crippen LogP) is -0.109. The molecule has 3 amide bonds. The first-order valence-electron chi connectivity index (χ1n) is 8.79. The molecule has 1 unspecified atom stereocenters. The number of ether oxygens (including phenoxy) is 1. The van der Waals surface area contributed by atoms with Gasteiger partial charge >= 0.3 is 0 Å². The maximum atomic E-state index is 12.7. The second-order valence-corrected chi connectivity index (χ2v) is 6.53. The van der Waals surface area contributed by atoms with Crippen molar-refractivity contribution in [1.82, 2.24) is 4.90 Å². The highest BCUT2D eigenvalue weighted by Crippen LogP contribution is 2.23. The van der Waals surface area contributed by atoms with Gasteiger partial charge in [-0.1, -0.05) is 6.07 Å². The first kappa shape index (κ1) is 18.3. The quantitative estimate of drug-likeness (QED) is 0.777. The Kier molecular flexibility index (Phi) is 5.53. The molecule has 1 aromatic rings. The van der Waals surface area contributed by atoms with Gasteiger partial charge in [-0.05, 0) is 37.5 Å². The van der Waals surface area contributed by atoms with Crippen LogP contribution in [0.4, 0.5) is 5.69 Å². The van der Waals surface area contributed by atoms with Gasteiger partial charge < -0.3 is 25.4 Å². The van der Waals surface area contributed by atoms with Crippen LogP contribution < -0.4 is 10.6 Å². The van der Waals surface area contributed by atoms with Crippen LogP contribution >= 0.6 is 0 Å². The van der Waals surface area contributed by atoms with E-state index in [1.165, 1.54) is 4.90 Å². The van der Waals surface area contributed by atoms with Crippen molar-refractivity contribution in [3.63, 3.8) is 0 Å². The zero-order valence-electron chi connectivity index (χ0n) is 14.5. The Morgan fingerprint density at radius 2 is 1.92 bits per heavy atom. The molecule has 2 heterocycles. The molecule has 0 aromatic heterocycles. The summed E-state index contributed by atoms with van der Waals surface area (Å²) in [5, 5.41) is 9.79. The molecular weight excluding hydrogens is 338 g/mol. The standard InChI is InChI=1S/C18H23N3O5/c19-16(23)14(22)15-18(25)21(9-10-26-15)13-6-4-5-12(11-13)17(24)20-7-2-1-3-8-20/h4-6,11,14-15,22H,1-3,7-10H2,(H2,19,23)/t14?,15-/m1/s1. The summed E-state index contributed by atoms with van der Waals surface area (Å²) in [6, 6.07) is 6.81. The van der Waals surface area contributed by atoms with Crippen molar-refractivity contribution in [2.75, 3.05) is 31.1 Å². The summed E-state index contributed by atoms with van der Waals surface area (Å²) in [7, 11) is 0. The van der Waals surface area contributed by atoms with Gasteiger partial charge in [0.1, 0.15) is 0 Å². The summed E-state index contributed by atoms with van der Waals surface area (Å²) in [6.07, 6.45) is 0.0988. The fourth-order valence-corrected chi connectivity index (χ4v) is 3.32. The minimum atomic E-state index is -1.71. The lowest BCUT2D eigenvalue weighted by Gasteiger charge is -2.34. The summed E-state index contributed by atoms with van der Waals surface area (Å²) in [5.41, 5.74) is 6.11. The van der Waals surface area contributed by atoms with Gasteiger partial charge in [0.25, 0.3) is 11.8 Å². The van der Waals surface area contributed by atoms with E-state index in [0.717, 1.165) is 32.4 Å². The van der Waals surface area contributed by atoms with Crippen molar-refractivity contribution in [3.8, 4) is 0 Å². The SMILES string of the molecule is NC(=O)C(O)[C@H]1OCCN(c2cccc(C(=O)N3CCCCC3)c2)C1=O. The number of primary amides is 1. The number of morpholine rings is 1. The van der Waals surface area contributed by atoms with Gasteiger partial charge in [-0.3, -0.25) is 14.4 Å². The Labute approximate surface area is 151 Å². The monoisotopic (exact) mass is 361 g/mol. The van der Waals surface area contributed by atoms with Crippen LogP contribution in [-0.4, -0.2) is 66.2 Å². The lowest BCUT2D eigenvalue weighted by atomic mass is 10.1. The number of anilines is 1. The third-order valence-corrected chi connectivity index (χ3v) is 4.75. The smallest absolute Gasteiger partial charge is 0.259 e. The highest BCUT2D eigenvalue weighted by Gasteiger charge is 2.38. The van der Waals surface area contributed by atoms with Crippen molar-refractivity contribution in [2.24, 2.45) is 5.73 Å². The Morgan fingerprint density at radius 1 is 1.19 bits per heavy atom. The third kappa shape index (κ3) is 3.71. The van der Waals surface area contributed by atoms with E-state index in [4.69, 9.17) is 10.5 Å². The van der Waals surface area contributed by atoms with E-state index in [1.807, 2.05) is 4.90 Å². The van der Waals surface area contributed by atoms with E-state index in [1.54, 1.807) is 24.3 Å². The highest BCUT2D eigenvalue weighted by molar-refractivity contribution is 6.02. The largest absolute Gasteiger partial charge is 0.380 e. The number of benzene rings is 1. The first-order chi connectivity index (χ1) is 12.5. The summed E-state index contributed by atoms with van der Waals surface area (Å²) in [5.74, 6) is -1.62. The maximum absolute atomic E-state index is 12.7. The Hall–Kier alpha value is -2.45. The second-order valence-electron chi connectivity index (χ2n) is 6.53. The van der Waals surface area contributed by atoms with Crippen LogP contribution in [0.15, 0.2) is 24.3 Å². The number of nitrogens with two attached hydrogens (primary N) is 1. The minimum Gasteiger partial charge on any atom is -0.380 e. The summed E-state index contributed by atoms with van der Waals surface area (Å²) >= 11 is 0. The molecule has 8 nitrogen and oxygen atoms in total. The number of aliphatic hydroxyl groups is 1. The molecular formula is C18H23N3O5. The van der Waals surface area contributed by atoms with Crippen LogP contribution in [0.1, 0.15) is 29.6 Å². The lowest BCUT2D eigenvalue weighted by Crippen LogP contribution is -2.55. The molecule has 3 N–H and O–H groups in total. The summed E-state index contributed by atoms with van der Waals surface area (Å²) < 4.78 is 5.22. The first-order valence-corrected chi connectivity index (χ1v) is 8.79. The van der Waals surface area contributed by atoms with Crippen LogP contribution in [0.5, 0.6) is 0 Å². The van der Waals surface area contributed by atoms with Gasteiger partial charge in [0.2, 0.25) is 5.91 Å². The molecule has 2 saturated heterocycles. The molecule has 1 aromatic carbocycles. The zero-order valence-corrected chi connectivity index (χ0v) is 14.5. The number of piperidine rings is 1. The number of carbonyl (C=O) groups is 3. The molecule has 2 fully saturated rings. The van der Waals surface area contributed by atoms with Crippen LogP contribution in [0, 0.1) is 0 Å². The molecule has 8 heteroatoms. The number of hydrogen-bond donors (Lipinski definition) is 2. The molecule has 0 saturated carbocycles. The van der Waals surface area contributed by atoms with E-state index < -0.39 is 24.0 Å². The fourth-order valence-electron chi connectivity index (χ4n) is 3.32. The molecule has 140 valence electrons. The molecule has 0 bridgehead atoms. The van der Waals surface area contributed by atoms with Crippen molar-refractivity contribution in [2.45, 2.75) is 31.5 Å². The van der Waals surface area contributed by atoms with Crippen LogP contribution in [0.3, 0.4) is 0 Å². The van der Waals surface area contributed by atoms with Crippen LogP contribution in [0.25, 0.3) is 0 Å². The topological polar surface area (TPSA) is 113 Å². The molecule has 0 spiro atoms. The number of rotatable bonds is 4. The van der Waals surface area contributed by atoms with Gasteiger partial charge in [0, 0.05) is 30.9 Å². The molecule has 0 aliphatic carbocycles. The zero-order chi connectivity index (χ0) is 18.7. The fraction of sp³-hybridized carbons (Fsp3) is 0.500. The predicted molar refractivity (Wildman–Crippen MR) is 93.5 cm³/mol. The van der Waals surface area contributed by atoms with Crippen molar-refractivity contribution in [1.29, 1.82) is 0 Å². The van der Waals surface area contributed by atoms with Gasteiger partial charge in [0.15, 0.2) is 12.2 Å². The molecule has 3 rings (SSSR count). The van der Waals surface area contributed by atoms with E-state index >= 15 is 0 Å². The number of nitrogens with zero attached hydrogens (tertiary/aromatic N) is 2. The Balaban J connectivity index is 1.79. The number of carbonyl (C=O) groups excluding carboxylic acids is 3. The van der Waals surface area contributed by atoms with Crippen LogP contribution in [0.2, 0.25) is 0 Å². The van der Waals surface area contributed by atoms with Crippen molar-refractivity contribution < 1.29 is 24.2 Å². The summed E-state index contributed by atoms with van der Waals surface area (Å²) in [4.78, 5) is 39.7. The summed E-state index contributed by atoms with van der Waals surface area (Å²) in [6.45, 7) is 1.91. The molecule has 2 aliphatic rings.